The van der Waals surface area contributed by atoms with Gasteiger partial charge in [-0.3, -0.25) is 4.79 Å². The smallest absolute Gasteiger partial charge is 0.287 e. The van der Waals surface area contributed by atoms with E-state index in [4.69, 9.17) is 4.42 Å². The second-order valence-corrected chi connectivity index (χ2v) is 5.95. The third-order valence-electron chi connectivity index (χ3n) is 4.40. The van der Waals surface area contributed by atoms with E-state index in [1.807, 2.05) is 30.3 Å². The number of rotatable bonds is 2. The lowest BCUT2D eigenvalue weighted by atomic mass is 9.87. The molecule has 1 heterocycles. The van der Waals surface area contributed by atoms with Gasteiger partial charge in [-0.05, 0) is 54.7 Å². The third kappa shape index (κ3) is 2.57. The van der Waals surface area contributed by atoms with Crippen LogP contribution in [0.15, 0.2) is 52.9 Å². The van der Waals surface area contributed by atoms with Gasteiger partial charge in [0.2, 0.25) is 0 Å². The summed E-state index contributed by atoms with van der Waals surface area (Å²) < 4.78 is 5.63. The molecule has 3 aromatic rings. The lowest BCUT2D eigenvalue weighted by Crippen LogP contribution is -2.30. The zero-order valence-electron chi connectivity index (χ0n) is 12.6. The molecule has 0 aliphatic heterocycles. The van der Waals surface area contributed by atoms with Gasteiger partial charge in [0.05, 0.1) is 6.04 Å². The van der Waals surface area contributed by atoms with Gasteiger partial charge in [0.1, 0.15) is 11.3 Å². The van der Waals surface area contributed by atoms with Crippen LogP contribution < -0.4 is 5.32 Å². The maximum atomic E-state index is 12.5. The number of carbonyl (C=O) groups excluding carboxylic acids is 1. The third-order valence-corrected chi connectivity index (χ3v) is 4.40. The normalized spacial score (nSPS) is 17.0. The molecule has 0 saturated carbocycles. The Hall–Kier alpha value is -2.75. The molecule has 1 aromatic heterocycles. The molecule has 2 aromatic carbocycles. The van der Waals surface area contributed by atoms with Crippen molar-refractivity contribution in [1.82, 2.24) is 5.32 Å². The molecule has 0 radical (unpaired) electrons. The first-order valence-corrected chi connectivity index (χ1v) is 7.82. The van der Waals surface area contributed by atoms with E-state index in [0.717, 1.165) is 35.8 Å². The molecule has 4 heteroatoms. The predicted molar refractivity (Wildman–Crippen MR) is 87.5 cm³/mol. The van der Waals surface area contributed by atoms with Gasteiger partial charge in [0, 0.05) is 5.39 Å². The molecule has 1 atom stereocenters. The summed E-state index contributed by atoms with van der Waals surface area (Å²) in [5.74, 6) is 0.400. The summed E-state index contributed by atoms with van der Waals surface area (Å²) in [6, 6.07) is 14.7. The minimum absolute atomic E-state index is 0.0416. The Bertz CT molecular complexity index is 848. The van der Waals surface area contributed by atoms with Crippen LogP contribution in [0, 0.1) is 0 Å². The fraction of sp³-hybridized carbons (Fsp3) is 0.211. The second kappa shape index (κ2) is 5.47. The molecule has 1 aliphatic rings. The summed E-state index contributed by atoms with van der Waals surface area (Å²) in [6.07, 6.45) is 2.81. The van der Waals surface area contributed by atoms with Crippen LogP contribution in [0.3, 0.4) is 0 Å². The zero-order valence-corrected chi connectivity index (χ0v) is 12.6. The van der Waals surface area contributed by atoms with E-state index in [1.165, 1.54) is 0 Å². The maximum absolute atomic E-state index is 12.5. The van der Waals surface area contributed by atoms with Crippen LogP contribution in [0.4, 0.5) is 0 Å². The fourth-order valence-corrected chi connectivity index (χ4v) is 3.27. The molecule has 1 aliphatic carbocycles. The molecular formula is C19H17NO3. The van der Waals surface area contributed by atoms with Crippen molar-refractivity contribution in [2.45, 2.75) is 25.3 Å². The molecule has 23 heavy (non-hydrogen) atoms. The summed E-state index contributed by atoms with van der Waals surface area (Å²) in [6.45, 7) is 0. The van der Waals surface area contributed by atoms with Gasteiger partial charge in [0.15, 0.2) is 5.76 Å². The topological polar surface area (TPSA) is 62.5 Å². The number of phenols is 1. The average Bonchev–Trinajstić information content (AvgIpc) is 2.99. The first-order valence-electron chi connectivity index (χ1n) is 7.82. The highest BCUT2D eigenvalue weighted by Crippen LogP contribution is 2.32. The predicted octanol–water partition coefficient (Wildman–Crippen LogP) is 3.95. The van der Waals surface area contributed by atoms with Crippen molar-refractivity contribution in [1.29, 1.82) is 0 Å². The van der Waals surface area contributed by atoms with Crippen molar-refractivity contribution in [3.05, 3.63) is 65.4 Å². The van der Waals surface area contributed by atoms with Gasteiger partial charge in [-0.2, -0.15) is 0 Å². The number of benzene rings is 2. The molecule has 4 nitrogen and oxygen atoms in total. The molecule has 4 rings (SSSR count). The van der Waals surface area contributed by atoms with Crippen molar-refractivity contribution in [2.24, 2.45) is 0 Å². The minimum atomic E-state index is -0.202. The SMILES string of the molecule is O=C(NC1CCCc2cc(O)ccc21)c1cc2ccccc2o1. The van der Waals surface area contributed by atoms with Crippen LogP contribution in [0.5, 0.6) is 5.75 Å². The Balaban J connectivity index is 1.60. The van der Waals surface area contributed by atoms with Crippen molar-refractivity contribution in [3.63, 3.8) is 0 Å². The van der Waals surface area contributed by atoms with Gasteiger partial charge < -0.3 is 14.8 Å². The number of para-hydroxylation sites is 1. The van der Waals surface area contributed by atoms with Crippen LogP contribution in [-0.4, -0.2) is 11.0 Å². The number of aryl methyl sites for hydroxylation is 1. The van der Waals surface area contributed by atoms with Gasteiger partial charge in [-0.1, -0.05) is 24.3 Å². The molecule has 116 valence electrons. The highest BCUT2D eigenvalue weighted by molar-refractivity contribution is 5.96. The number of aromatic hydroxyl groups is 1. The molecule has 2 N–H and O–H groups in total. The van der Waals surface area contributed by atoms with Crippen molar-refractivity contribution in [3.8, 4) is 5.75 Å². The quantitative estimate of drug-likeness (QED) is 0.753. The number of hydrogen-bond donors (Lipinski definition) is 2. The Morgan fingerprint density at radius 3 is 2.91 bits per heavy atom. The van der Waals surface area contributed by atoms with Crippen molar-refractivity contribution >= 4 is 16.9 Å². The van der Waals surface area contributed by atoms with Gasteiger partial charge in [-0.25, -0.2) is 0 Å². The van der Waals surface area contributed by atoms with Crippen molar-refractivity contribution < 1.29 is 14.3 Å². The molecule has 0 spiro atoms. The summed E-state index contributed by atoms with van der Waals surface area (Å²) in [5.41, 5.74) is 2.90. The standard InChI is InChI=1S/C19H17NO3/c21-14-8-9-15-12(10-14)5-3-6-16(15)20-19(22)18-11-13-4-1-2-7-17(13)23-18/h1-2,4,7-11,16,21H,3,5-6H2,(H,20,22). The lowest BCUT2D eigenvalue weighted by molar-refractivity contribution is 0.0907. The van der Waals surface area contributed by atoms with Crippen molar-refractivity contribution in [2.75, 3.05) is 0 Å². The summed E-state index contributed by atoms with van der Waals surface area (Å²) in [7, 11) is 0. The van der Waals surface area contributed by atoms with Crippen LogP contribution in [0.2, 0.25) is 0 Å². The Morgan fingerprint density at radius 1 is 1.17 bits per heavy atom. The Labute approximate surface area is 133 Å². The van der Waals surface area contributed by atoms with E-state index in [9.17, 15) is 9.90 Å². The minimum Gasteiger partial charge on any atom is -0.508 e. The largest absolute Gasteiger partial charge is 0.508 e. The average molecular weight is 307 g/mol. The Kier molecular flexibility index (Phi) is 3.30. The van der Waals surface area contributed by atoms with Crippen LogP contribution in [0.1, 0.15) is 40.6 Å². The van der Waals surface area contributed by atoms with Crippen LogP contribution in [0.25, 0.3) is 11.0 Å². The number of fused-ring (bicyclic) bond motifs is 2. The van der Waals surface area contributed by atoms with E-state index >= 15 is 0 Å². The van der Waals surface area contributed by atoms with E-state index in [0.29, 0.717) is 11.3 Å². The number of amides is 1. The number of furan rings is 1. The number of hydrogen-bond acceptors (Lipinski definition) is 3. The number of nitrogens with one attached hydrogen (secondary N) is 1. The molecule has 1 unspecified atom stereocenters. The molecule has 0 fully saturated rings. The highest BCUT2D eigenvalue weighted by Gasteiger charge is 2.23. The van der Waals surface area contributed by atoms with E-state index in [2.05, 4.69) is 5.32 Å². The molecule has 0 saturated heterocycles. The number of carbonyl (C=O) groups is 1. The highest BCUT2D eigenvalue weighted by atomic mass is 16.3. The first-order chi connectivity index (χ1) is 11.2. The fourth-order valence-electron chi connectivity index (χ4n) is 3.27. The van der Waals surface area contributed by atoms with E-state index < -0.39 is 0 Å². The van der Waals surface area contributed by atoms with Crippen LogP contribution >= 0.6 is 0 Å². The van der Waals surface area contributed by atoms with E-state index in [1.54, 1.807) is 18.2 Å². The monoisotopic (exact) mass is 307 g/mol. The summed E-state index contributed by atoms with van der Waals surface area (Å²) >= 11 is 0. The van der Waals surface area contributed by atoms with Crippen LogP contribution in [-0.2, 0) is 6.42 Å². The van der Waals surface area contributed by atoms with Gasteiger partial charge in [0.25, 0.3) is 5.91 Å². The van der Waals surface area contributed by atoms with E-state index in [-0.39, 0.29) is 17.7 Å². The summed E-state index contributed by atoms with van der Waals surface area (Å²) in [4.78, 5) is 12.5. The van der Waals surface area contributed by atoms with Gasteiger partial charge in [-0.15, -0.1) is 0 Å². The first kappa shape index (κ1) is 13.9. The molecule has 0 bridgehead atoms. The zero-order chi connectivity index (χ0) is 15.8. The number of phenolic OH excluding ortho intramolecular Hbond substituents is 1. The molecule has 1 amide bonds. The van der Waals surface area contributed by atoms with Gasteiger partial charge >= 0.3 is 0 Å². The lowest BCUT2D eigenvalue weighted by Gasteiger charge is -2.26. The summed E-state index contributed by atoms with van der Waals surface area (Å²) in [5, 5.41) is 13.6. The second-order valence-electron chi connectivity index (χ2n) is 5.95. The maximum Gasteiger partial charge on any atom is 0.287 e. The Morgan fingerprint density at radius 2 is 2.04 bits per heavy atom. The molecular weight excluding hydrogens is 290 g/mol.